The third kappa shape index (κ3) is 14.9. The number of quaternary nitrogens is 1. The molecule has 10 rings (SSSR count). The Kier molecular flexibility index (Phi) is 17.0. The van der Waals surface area contributed by atoms with E-state index in [0.29, 0.717) is 74.6 Å². The van der Waals surface area contributed by atoms with E-state index in [4.69, 9.17) is 9.05 Å². The van der Waals surface area contributed by atoms with Gasteiger partial charge in [-0.25, -0.2) is 36.2 Å². The molecule has 2 saturated heterocycles. The highest BCUT2D eigenvalue weighted by Crippen LogP contribution is 2.30. The van der Waals surface area contributed by atoms with Crippen LogP contribution in [-0.4, -0.2) is 129 Å². The van der Waals surface area contributed by atoms with Gasteiger partial charge in [0.2, 0.25) is 23.3 Å². The van der Waals surface area contributed by atoms with Crippen molar-refractivity contribution >= 4 is 31.0 Å². The highest BCUT2D eigenvalue weighted by molar-refractivity contribution is 7.91. The van der Waals surface area contributed by atoms with Crippen molar-refractivity contribution < 1.29 is 66.6 Å². The normalized spacial score (nSPS) is 16.5. The fourth-order valence-electron chi connectivity index (χ4n) is 9.08. The minimum absolute atomic E-state index is 0. The fourth-order valence-corrected chi connectivity index (χ4v) is 11.2. The molecule has 2 aliphatic heterocycles. The van der Waals surface area contributed by atoms with Gasteiger partial charge in [-0.15, -0.1) is 36.5 Å². The van der Waals surface area contributed by atoms with Crippen LogP contribution in [0.15, 0.2) is 106 Å². The van der Waals surface area contributed by atoms with Crippen molar-refractivity contribution in [3.63, 3.8) is 0 Å². The summed E-state index contributed by atoms with van der Waals surface area (Å²) >= 11 is 0. The van der Waals surface area contributed by atoms with Crippen LogP contribution in [0, 0.1) is 21.3 Å². The van der Waals surface area contributed by atoms with Gasteiger partial charge in [-0.3, -0.25) is 0 Å². The molecule has 2 fully saturated rings. The average molecular weight is 1140 g/mol. The predicted molar refractivity (Wildman–Crippen MR) is 276 cm³/mol. The molecule has 79 heavy (non-hydrogen) atoms. The lowest BCUT2D eigenvalue weighted by Gasteiger charge is -2.33. The molecule has 420 valence electrons. The molecule has 0 bridgehead atoms. The second-order valence-electron chi connectivity index (χ2n) is 18.8. The molecule has 0 radical (unpaired) electrons. The van der Waals surface area contributed by atoms with E-state index in [0.717, 1.165) is 47.7 Å². The Morgan fingerprint density at radius 3 is 1.46 bits per heavy atom. The van der Waals surface area contributed by atoms with Crippen LogP contribution < -0.4 is 19.3 Å². The summed E-state index contributed by atoms with van der Waals surface area (Å²) < 4.78 is 144. The smallest absolute Gasteiger partial charge is 0.406 e. The lowest BCUT2D eigenvalue weighted by Crippen LogP contribution is -3.08. The maximum Gasteiger partial charge on any atom is 0.573 e. The first-order valence-corrected chi connectivity index (χ1v) is 28.2. The Morgan fingerprint density at radius 2 is 1.01 bits per heavy atom. The highest BCUT2D eigenvalue weighted by Gasteiger charge is 2.33. The lowest BCUT2D eigenvalue weighted by molar-refractivity contribution is -0.838. The Balaban J connectivity index is 0.000000205. The summed E-state index contributed by atoms with van der Waals surface area (Å²) in [5.74, 6) is 1.50. The summed E-state index contributed by atoms with van der Waals surface area (Å²) in [6, 6.07) is 26.3. The van der Waals surface area contributed by atoms with Gasteiger partial charge < -0.3 is 35.7 Å². The van der Waals surface area contributed by atoms with Gasteiger partial charge in [-0.05, 0) is 105 Å². The molecule has 1 N–H and O–H groups in total. The summed E-state index contributed by atoms with van der Waals surface area (Å²) in [6.07, 6.45) is -4.46. The summed E-state index contributed by atoms with van der Waals surface area (Å²) in [6.45, 7) is 7.35. The monoisotopic (exact) mass is 1140 g/mol. The van der Waals surface area contributed by atoms with Crippen molar-refractivity contribution in [1.82, 2.24) is 49.8 Å². The van der Waals surface area contributed by atoms with Gasteiger partial charge in [0.15, 0.2) is 9.84 Å². The number of nitrogens with zero attached hydrogens (tertiary/aromatic N) is 11. The zero-order valence-corrected chi connectivity index (χ0v) is 44.9. The number of piperidine rings is 2. The van der Waals surface area contributed by atoms with E-state index in [-0.39, 0.29) is 64.5 Å². The van der Waals surface area contributed by atoms with Gasteiger partial charge in [-0.1, -0.05) is 34.6 Å². The first-order chi connectivity index (χ1) is 36.9. The molecular weight excluding hydrogens is 1090 g/mol. The summed E-state index contributed by atoms with van der Waals surface area (Å²) in [5.41, 5.74) is 5.00. The predicted octanol–water partition coefficient (Wildman–Crippen LogP) is 7.69. The van der Waals surface area contributed by atoms with E-state index in [1.165, 1.54) is 53.8 Å². The molecule has 28 heteroatoms. The Labute approximate surface area is 450 Å². The number of nitrogens with one attached hydrogen (secondary N) is 1. The van der Waals surface area contributed by atoms with Gasteiger partial charge in [-0.2, -0.15) is 9.97 Å². The Hall–Kier alpha value is -7.72. The highest BCUT2D eigenvalue weighted by atomic mass is 32.2. The van der Waals surface area contributed by atoms with Crippen molar-refractivity contribution in [2.75, 3.05) is 43.6 Å². The van der Waals surface area contributed by atoms with Gasteiger partial charge >= 0.3 is 12.7 Å². The van der Waals surface area contributed by atoms with Crippen LogP contribution in [0.1, 0.15) is 48.5 Å². The number of aromatic nitrogens is 10. The maximum absolute atomic E-state index is 12.4. The third-order valence-corrected chi connectivity index (χ3v) is 16.5. The number of benzene rings is 4. The van der Waals surface area contributed by atoms with Crippen LogP contribution >= 0.6 is 0 Å². The number of alkyl halides is 6. The molecule has 0 unspecified atom stereocenters. The van der Waals surface area contributed by atoms with Crippen molar-refractivity contribution in [2.45, 2.75) is 75.8 Å². The van der Waals surface area contributed by atoms with Crippen LogP contribution in [-0.2, 0) is 32.8 Å². The number of rotatable bonds is 14. The lowest BCUT2D eigenvalue weighted by atomic mass is 10.1. The van der Waals surface area contributed by atoms with Crippen molar-refractivity contribution in [1.29, 1.82) is 0 Å². The summed E-state index contributed by atoms with van der Waals surface area (Å²) in [5, 5.41) is 16.2. The molecule has 20 nitrogen and oxygen atoms in total. The first kappa shape index (κ1) is 57.5. The van der Waals surface area contributed by atoms with Crippen LogP contribution in [0.5, 0.6) is 11.5 Å². The van der Waals surface area contributed by atoms with Gasteiger partial charge in [0.25, 0.3) is 11.8 Å². The summed E-state index contributed by atoms with van der Waals surface area (Å²) in [7, 11) is -6.05. The van der Waals surface area contributed by atoms with E-state index < -0.39 is 32.4 Å². The number of sulfone groups is 2. The van der Waals surface area contributed by atoms with Crippen LogP contribution in [0.4, 0.5) is 37.7 Å². The molecule has 0 amide bonds. The van der Waals surface area contributed by atoms with E-state index in [1.54, 1.807) is 23.2 Å². The van der Waals surface area contributed by atoms with Crippen LogP contribution in [0.2, 0.25) is 0 Å². The quantitative estimate of drug-likeness (QED) is 0.0812. The topological polar surface area (TPSA) is 234 Å². The number of ether oxygens (including phenoxy) is 2. The number of halogens is 6. The van der Waals surface area contributed by atoms with E-state index >= 15 is 0 Å². The van der Waals surface area contributed by atoms with Gasteiger partial charge in [0.1, 0.15) is 38.7 Å². The SMILES string of the molecule is Cc1nc(-c2nc(-c3ccc(OC(F)(F)F)cc3)no2)nn1Cc1cccc(N2CCC(S(C)(=O)=O)CC2)c1.Cc1nc(-c2nc(-c3ccc(OC(F)(F)F)cc3)no2)nn1Cc1cccc([NH+]2CCC(S(C)(=O)=O)CC2)c1.[CH3-]. The Bertz CT molecular complexity index is 3350. The summed E-state index contributed by atoms with van der Waals surface area (Å²) in [4.78, 5) is 20.9. The zero-order chi connectivity index (χ0) is 55.6. The second-order valence-corrected chi connectivity index (χ2v) is 23.4. The van der Waals surface area contributed by atoms with Crippen molar-refractivity contribution in [3.05, 3.63) is 127 Å². The molecule has 0 saturated carbocycles. The fraction of sp³-hybridized carbons (Fsp3) is 0.353. The van der Waals surface area contributed by atoms with E-state index in [9.17, 15) is 43.2 Å². The minimum Gasteiger partial charge on any atom is -0.406 e. The molecule has 2 aliphatic rings. The number of anilines is 1. The van der Waals surface area contributed by atoms with Crippen molar-refractivity contribution in [3.8, 4) is 57.7 Å². The maximum atomic E-state index is 12.4. The van der Waals surface area contributed by atoms with Gasteiger partial charge in [0.05, 0.1) is 36.7 Å². The van der Waals surface area contributed by atoms with Gasteiger partial charge in [0, 0.05) is 61.3 Å². The molecule has 4 aromatic carbocycles. The number of hydrogen-bond donors (Lipinski definition) is 1. The first-order valence-electron chi connectivity index (χ1n) is 24.3. The van der Waals surface area contributed by atoms with Crippen LogP contribution in [0.25, 0.3) is 46.2 Å². The molecular formula is C51H54F6N12O8S2. The van der Waals surface area contributed by atoms with Crippen molar-refractivity contribution in [2.24, 2.45) is 0 Å². The number of aryl methyl sites for hydroxylation is 2. The number of hydrogen-bond acceptors (Lipinski definition) is 17. The zero-order valence-electron chi connectivity index (χ0n) is 43.2. The average Bonchev–Trinajstić information content (AvgIpc) is 4.24. The molecule has 6 heterocycles. The molecule has 0 aliphatic carbocycles. The molecule has 8 aromatic rings. The standard InChI is InChI=1S/2C25H25F3N6O4S.CH3/c2*1-16-29-23(24-30-22(32-38-24)18-6-8-20(9-7-18)37-25(26,27)28)31-34(16)15-17-4-3-5-19(14-17)33-12-10-21(11-13-33)39(2,35)36;/h2*3-9,14,21H,10-13,15H2,1-2H3;1H3/q;;-1/p+1. The third-order valence-electron chi connectivity index (χ3n) is 13.1. The minimum atomic E-state index is -4.78. The molecule has 4 aromatic heterocycles. The Morgan fingerprint density at radius 1 is 0.582 bits per heavy atom. The van der Waals surface area contributed by atoms with E-state index in [2.05, 4.69) is 67.0 Å². The second kappa shape index (κ2) is 23.3. The van der Waals surface area contributed by atoms with Crippen LogP contribution in [0.3, 0.4) is 0 Å². The van der Waals surface area contributed by atoms with E-state index in [1.807, 2.05) is 36.4 Å². The molecule has 0 atom stereocenters. The molecule has 0 spiro atoms. The largest absolute Gasteiger partial charge is 0.573 e.